The summed E-state index contributed by atoms with van der Waals surface area (Å²) in [4.78, 5) is 0. The fraction of sp³-hybridized carbons (Fsp3) is 0.444. The monoisotopic (exact) mass is 120 g/mol. The van der Waals surface area contributed by atoms with Crippen molar-refractivity contribution in [2.45, 2.75) is 26.2 Å². The van der Waals surface area contributed by atoms with Gasteiger partial charge in [0.2, 0.25) is 0 Å². The first kappa shape index (κ1) is 6.38. The van der Waals surface area contributed by atoms with Crippen LogP contribution in [0.2, 0.25) is 0 Å². The van der Waals surface area contributed by atoms with Crippen LogP contribution in [0.4, 0.5) is 0 Å². The molecule has 9 heavy (non-hydrogen) atoms. The second kappa shape index (κ2) is 3.32. The summed E-state index contributed by atoms with van der Waals surface area (Å²) in [7, 11) is 0. The summed E-state index contributed by atoms with van der Waals surface area (Å²) in [5.41, 5.74) is 4.53. The van der Waals surface area contributed by atoms with E-state index >= 15 is 0 Å². The summed E-state index contributed by atoms with van der Waals surface area (Å²) in [6.45, 7) is 2.21. The fourth-order valence-corrected chi connectivity index (χ4v) is 0.890. The molecule has 0 nitrogen and oxygen atoms in total. The number of unbranched alkanes of at least 4 members (excludes halogenated alkanes) is 1. The normalized spacial score (nSPS) is 14.6. The Bertz CT molecular complexity index is 166. The van der Waals surface area contributed by atoms with Crippen molar-refractivity contribution < 1.29 is 0 Å². The van der Waals surface area contributed by atoms with E-state index in [4.69, 9.17) is 0 Å². The third kappa shape index (κ3) is 1.91. The second-order valence-corrected chi connectivity index (χ2v) is 2.30. The Morgan fingerprint density at radius 1 is 1.56 bits per heavy atom. The molecule has 0 unspecified atom stereocenters. The van der Waals surface area contributed by atoms with E-state index < -0.39 is 0 Å². The molecule has 0 heteroatoms. The van der Waals surface area contributed by atoms with Crippen molar-refractivity contribution in [3.63, 3.8) is 0 Å². The molecule has 48 valence electrons. The van der Waals surface area contributed by atoms with Crippen LogP contribution in [0.15, 0.2) is 29.5 Å². The third-order valence-corrected chi connectivity index (χ3v) is 1.46. The van der Waals surface area contributed by atoms with Gasteiger partial charge in [-0.05, 0) is 24.5 Å². The van der Waals surface area contributed by atoms with Gasteiger partial charge < -0.3 is 0 Å². The second-order valence-electron chi connectivity index (χ2n) is 2.30. The zero-order chi connectivity index (χ0) is 6.53. The van der Waals surface area contributed by atoms with Gasteiger partial charge in [0.25, 0.3) is 0 Å². The van der Waals surface area contributed by atoms with Crippen LogP contribution in [-0.2, 0) is 0 Å². The van der Waals surface area contributed by atoms with E-state index in [-0.39, 0.29) is 0 Å². The van der Waals surface area contributed by atoms with Crippen LogP contribution in [0.3, 0.4) is 0 Å². The quantitative estimate of drug-likeness (QED) is 0.502. The maximum absolute atomic E-state index is 3.17. The highest BCUT2D eigenvalue weighted by molar-refractivity contribution is 5.28. The molecule has 0 spiro atoms. The van der Waals surface area contributed by atoms with E-state index in [1.807, 2.05) is 12.2 Å². The van der Waals surface area contributed by atoms with Crippen LogP contribution in [0.25, 0.3) is 0 Å². The third-order valence-electron chi connectivity index (χ3n) is 1.46. The summed E-state index contributed by atoms with van der Waals surface area (Å²) in [6.07, 6.45) is 9.93. The maximum atomic E-state index is 3.17. The number of rotatable bonds is 3. The Balaban J connectivity index is 2.29. The Labute approximate surface area is 56.6 Å². The van der Waals surface area contributed by atoms with Gasteiger partial charge in [-0.3, -0.25) is 0 Å². The molecule has 0 heterocycles. The lowest BCUT2D eigenvalue weighted by Crippen LogP contribution is -1.73. The summed E-state index contributed by atoms with van der Waals surface area (Å²) >= 11 is 0. The minimum absolute atomic E-state index is 1.20. The van der Waals surface area contributed by atoms with Crippen LogP contribution < -0.4 is 0 Å². The molecule has 1 aliphatic carbocycles. The molecule has 0 N–H and O–H groups in total. The molecule has 0 aromatic heterocycles. The van der Waals surface area contributed by atoms with E-state index in [0.717, 1.165) is 0 Å². The topological polar surface area (TPSA) is 0 Å². The van der Waals surface area contributed by atoms with Crippen LogP contribution in [0.5, 0.6) is 0 Å². The van der Waals surface area contributed by atoms with E-state index in [2.05, 4.69) is 18.7 Å². The lowest BCUT2D eigenvalue weighted by atomic mass is 10.1. The highest BCUT2D eigenvalue weighted by Gasteiger charge is 1.91. The summed E-state index contributed by atoms with van der Waals surface area (Å²) in [5, 5.41) is 0. The fourth-order valence-electron chi connectivity index (χ4n) is 0.890. The average Bonchev–Trinajstić information content (AvgIpc) is 2.34. The van der Waals surface area contributed by atoms with Gasteiger partial charge in [-0.1, -0.05) is 25.5 Å². The van der Waals surface area contributed by atoms with Crippen molar-refractivity contribution in [3.05, 3.63) is 29.5 Å². The SMILES string of the molecule is CCCCC1=C=CC=C1. The summed E-state index contributed by atoms with van der Waals surface area (Å²) < 4.78 is 0. The molecule has 0 bridgehead atoms. The van der Waals surface area contributed by atoms with Gasteiger partial charge in [-0.15, -0.1) is 5.73 Å². The van der Waals surface area contributed by atoms with Crippen LogP contribution in [0, 0.1) is 0 Å². The minimum atomic E-state index is 1.20. The number of hydrogen-bond acceptors (Lipinski definition) is 0. The van der Waals surface area contributed by atoms with Crippen molar-refractivity contribution in [2.24, 2.45) is 0 Å². The Kier molecular flexibility index (Phi) is 2.35. The molecule has 0 aliphatic heterocycles. The standard InChI is InChI=1S/C9H12/c1-2-3-6-9-7-4-5-8-9/h4-5,7H,2-3,6H2,1H3. The Hall–Kier alpha value is -0.740. The molecule has 1 aliphatic rings. The lowest BCUT2D eigenvalue weighted by molar-refractivity contribution is 0.799. The van der Waals surface area contributed by atoms with E-state index in [9.17, 15) is 0 Å². The molecule has 0 aromatic carbocycles. The molecule has 1 rings (SSSR count). The maximum Gasteiger partial charge on any atom is -0.00601 e. The smallest absolute Gasteiger partial charge is 0.00601 e. The number of allylic oxidation sites excluding steroid dienone is 3. The molecule has 0 radical (unpaired) electrons. The van der Waals surface area contributed by atoms with E-state index in [1.165, 1.54) is 24.8 Å². The molecule has 0 saturated carbocycles. The van der Waals surface area contributed by atoms with Gasteiger partial charge in [0.15, 0.2) is 0 Å². The van der Waals surface area contributed by atoms with Gasteiger partial charge in [-0.25, -0.2) is 0 Å². The summed E-state index contributed by atoms with van der Waals surface area (Å²) in [6, 6.07) is 0. The highest BCUT2D eigenvalue weighted by atomic mass is 14.0. The zero-order valence-electron chi connectivity index (χ0n) is 5.85. The number of hydrogen-bond donors (Lipinski definition) is 0. The van der Waals surface area contributed by atoms with Crippen LogP contribution >= 0.6 is 0 Å². The first-order chi connectivity index (χ1) is 4.43. The largest absolute Gasteiger partial charge is 0.117 e. The Morgan fingerprint density at radius 3 is 3.00 bits per heavy atom. The van der Waals surface area contributed by atoms with Crippen molar-refractivity contribution >= 4 is 0 Å². The van der Waals surface area contributed by atoms with Crippen molar-refractivity contribution in [1.82, 2.24) is 0 Å². The van der Waals surface area contributed by atoms with Gasteiger partial charge in [0, 0.05) is 0 Å². The van der Waals surface area contributed by atoms with Crippen molar-refractivity contribution in [1.29, 1.82) is 0 Å². The zero-order valence-corrected chi connectivity index (χ0v) is 5.85. The van der Waals surface area contributed by atoms with Gasteiger partial charge in [0.05, 0.1) is 0 Å². The average molecular weight is 120 g/mol. The van der Waals surface area contributed by atoms with Crippen molar-refractivity contribution in [3.8, 4) is 0 Å². The molecular weight excluding hydrogens is 108 g/mol. The van der Waals surface area contributed by atoms with E-state index in [0.29, 0.717) is 0 Å². The first-order valence-corrected chi connectivity index (χ1v) is 3.55. The van der Waals surface area contributed by atoms with Crippen LogP contribution in [-0.4, -0.2) is 0 Å². The molecule has 0 atom stereocenters. The van der Waals surface area contributed by atoms with Crippen molar-refractivity contribution in [2.75, 3.05) is 0 Å². The molecule has 0 amide bonds. The van der Waals surface area contributed by atoms with Gasteiger partial charge >= 0.3 is 0 Å². The first-order valence-electron chi connectivity index (χ1n) is 3.55. The highest BCUT2D eigenvalue weighted by Crippen LogP contribution is 2.10. The van der Waals surface area contributed by atoms with Crippen LogP contribution in [0.1, 0.15) is 26.2 Å². The summed E-state index contributed by atoms with van der Waals surface area (Å²) in [5.74, 6) is 0. The molecule has 0 aromatic rings. The molecule has 0 fully saturated rings. The van der Waals surface area contributed by atoms with Gasteiger partial charge in [0.1, 0.15) is 0 Å². The molecular formula is C9H12. The van der Waals surface area contributed by atoms with Gasteiger partial charge in [-0.2, -0.15) is 0 Å². The van der Waals surface area contributed by atoms with E-state index in [1.54, 1.807) is 0 Å². The lowest BCUT2D eigenvalue weighted by Gasteiger charge is -1.92. The Morgan fingerprint density at radius 2 is 2.44 bits per heavy atom. The molecule has 0 saturated heterocycles. The minimum Gasteiger partial charge on any atom is -0.117 e. The predicted octanol–water partition coefficient (Wildman–Crippen LogP) is 2.83. The predicted molar refractivity (Wildman–Crippen MR) is 40.3 cm³/mol.